The molecular weight excluding hydrogens is 422 g/mol. The summed E-state index contributed by atoms with van der Waals surface area (Å²) >= 11 is 1.33. The molecular formula is C24H29N5O2S. The number of H-pyrrole nitrogens is 1. The summed E-state index contributed by atoms with van der Waals surface area (Å²) in [6.07, 6.45) is 0.741. The van der Waals surface area contributed by atoms with Gasteiger partial charge in [0, 0.05) is 39.3 Å². The molecule has 0 unspecified atom stereocenters. The Kier molecular flexibility index (Phi) is 7.44. The highest BCUT2D eigenvalue weighted by atomic mass is 32.2. The lowest BCUT2D eigenvalue weighted by atomic mass is 10.1. The second kappa shape index (κ2) is 10.7. The Bertz CT molecular complexity index is 1090. The number of nitrogens with one attached hydrogen (secondary N) is 1. The number of hydrogen-bond acceptors (Lipinski definition) is 5. The topological polar surface area (TPSA) is 74.2 Å². The van der Waals surface area contributed by atoms with Crippen molar-refractivity contribution in [3.63, 3.8) is 0 Å². The average Bonchev–Trinajstić information content (AvgIpc) is 3.16. The lowest BCUT2D eigenvalue weighted by molar-refractivity contribution is -0.130. The number of carbonyl (C=O) groups is 1. The summed E-state index contributed by atoms with van der Waals surface area (Å²) in [6.45, 7) is 6.76. The third kappa shape index (κ3) is 5.89. The number of hydrogen-bond donors (Lipinski definition) is 1. The molecule has 1 aliphatic rings. The van der Waals surface area contributed by atoms with Gasteiger partial charge in [-0.2, -0.15) is 0 Å². The van der Waals surface area contributed by atoms with Gasteiger partial charge in [0.05, 0.1) is 5.75 Å². The molecule has 3 aromatic rings. The van der Waals surface area contributed by atoms with Crippen LogP contribution in [-0.2, 0) is 24.3 Å². The number of rotatable bonds is 8. The second-order valence-corrected chi connectivity index (χ2v) is 9.08. The fourth-order valence-corrected chi connectivity index (χ4v) is 4.81. The van der Waals surface area contributed by atoms with E-state index >= 15 is 0 Å². The summed E-state index contributed by atoms with van der Waals surface area (Å²) in [6, 6.07) is 18.6. The minimum absolute atomic E-state index is 0.0928. The van der Waals surface area contributed by atoms with E-state index < -0.39 is 0 Å². The van der Waals surface area contributed by atoms with E-state index in [0.29, 0.717) is 11.7 Å². The molecule has 1 saturated heterocycles. The first-order valence-electron chi connectivity index (χ1n) is 11.0. The number of amides is 1. The van der Waals surface area contributed by atoms with Gasteiger partial charge in [0.15, 0.2) is 5.16 Å². The number of aromatic amines is 1. The summed E-state index contributed by atoms with van der Waals surface area (Å²) in [5.41, 5.74) is 3.51. The molecule has 0 spiro atoms. The van der Waals surface area contributed by atoms with Gasteiger partial charge < -0.3 is 4.90 Å². The summed E-state index contributed by atoms with van der Waals surface area (Å²) in [4.78, 5) is 29.2. The van der Waals surface area contributed by atoms with Crippen molar-refractivity contribution < 1.29 is 4.79 Å². The van der Waals surface area contributed by atoms with E-state index in [2.05, 4.69) is 46.3 Å². The zero-order valence-electron chi connectivity index (χ0n) is 18.4. The Hall–Kier alpha value is -2.84. The van der Waals surface area contributed by atoms with Crippen molar-refractivity contribution in [3.05, 3.63) is 81.8 Å². The standard InChI is InChI=1S/C24H29N5O2S/c1-19-6-5-9-21(16-19)17-27-12-14-28(15-13-27)22(30)18-32-24-26-25-23(31)29(24)11-10-20-7-3-2-4-8-20/h2-9,16H,10-15,17-18H2,1H3,(H,25,31). The van der Waals surface area contributed by atoms with Gasteiger partial charge >= 0.3 is 5.69 Å². The molecule has 1 aromatic heterocycles. The van der Waals surface area contributed by atoms with Crippen LogP contribution in [0, 0.1) is 6.92 Å². The maximum atomic E-state index is 12.7. The minimum atomic E-state index is -0.236. The Labute approximate surface area is 192 Å². The first-order valence-corrected chi connectivity index (χ1v) is 11.9. The van der Waals surface area contributed by atoms with Gasteiger partial charge in [-0.3, -0.25) is 14.3 Å². The predicted molar refractivity (Wildman–Crippen MR) is 127 cm³/mol. The van der Waals surface area contributed by atoms with Crippen LogP contribution in [0.2, 0.25) is 0 Å². The van der Waals surface area contributed by atoms with Crippen molar-refractivity contribution in [2.75, 3.05) is 31.9 Å². The van der Waals surface area contributed by atoms with Crippen molar-refractivity contribution in [2.45, 2.75) is 31.6 Å². The van der Waals surface area contributed by atoms with Crippen LogP contribution in [0.5, 0.6) is 0 Å². The molecule has 1 aliphatic heterocycles. The van der Waals surface area contributed by atoms with E-state index in [1.54, 1.807) is 4.57 Å². The molecule has 1 fully saturated rings. The van der Waals surface area contributed by atoms with Crippen molar-refractivity contribution in [2.24, 2.45) is 0 Å². The third-order valence-electron chi connectivity index (χ3n) is 5.73. The molecule has 8 heteroatoms. The molecule has 1 N–H and O–H groups in total. The van der Waals surface area contributed by atoms with E-state index in [4.69, 9.17) is 0 Å². The van der Waals surface area contributed by atoms with Gasteiger partial charge in [-0.25, -0.2) is 9.89 Å². The zero-order chi connectivity index (χ0) is 22.3. The third-order valence-corrected chi connectivity index (χ3v) is 6.69. The second-order valence-electron chi connectivity index (χ2n) is 8.13. The normalized spacial score (nSPS) is 14.6. The highest BCUT2D eigenvalue weighted by Gasteiger charge is 2.22. The van der Waals surface area contributed by atoms with Crippen LogP contribution in [0.15, 0.2) is 64.5 Å². The number of nitrogens with zero attached hydrogens (tertiary/aromatic N) is 4. The van der Waals surface area contributed by atoms with Gasteiger partial charge in [-0.1, -0.05) is 71.9 Å². The summed E-state index contributed by atoms with van der Waals surface area (Å²) < 4.78 is 1.62. The number of thioether (sulfide) groups is 1. The molecule has 0 aliphatic carbocycles. The maximum Gasteiger partial charge on any atom is 0.343 e. The smallest absolute Gasteiger partial charge is 0.339 e. The molecule has 0 bridgehead atoms. The average molecular weight is 452 g/mol. The Balaban J connectivity index is 1.25. The fourth-order valence-electron chi connectivity index (χ4n) is 3.94. The molecule has 1 amide bonds. The molecule has 0 atom stereocenters. The van der Waals surface area contributed by atoms with Gasteiger partial charge in [-0.15, -0.1) is 5.10 Å². The van der Waals surface area contributed by atoms with Crippen LogP contribution in [-0.4, -0.2) is 62.4 Å². The van der Waals surface area contributed by atoms with Crippen LogP contribution in [0.1, 0.15) is 16.7 Å². The van der Waals surface area contributed by atoms with Gasteiger partial charge in [-0.05, 0) is 24.5 Å². The quantitative estimate of drug-likeness (QED) is 0.533. The summed E-state index contributed by atoms with van der Waals surface area (Å²) in [5.74, 6) is 0.378. The molecule has 2 aromatic carbocycles. The Morgan fingerprint density at radius 2 is 1.78 bits per heavy atom. The highest BCUT2D eigenvalue weighted by molar-refractivity contribution is 7.99. The minimum Gasteiger partial charge on any atom is -0.339 e. The van der Waals surface area contributed by atoms with Crippen molar-refractivity contribution >= 4 is 17.7 Å². The van der Waals surface area contributed by atoms with Gasteiger partial charge in [0.1, 0.15) is 0 Å². The predicted octanol–water partition coefficient (Wildman–Crippen LogP) is 2.56. The number of aromatic nitrogens is 3. The largest absolute Gasteiger partial charge is 0.343 e. The van der Waals surface area contributed by atoms with E-state index in [1.807, 2.05) is 35.2 Å². The van der Waals surface area contributed by atoms with Crippen molar-refractivity contribution in [3.8, 4) is 0 Å². The van der Waals surface area contributed by atoms with Crippen LogP contribution in [0.25, 0.3) is 0 Å². The number of aryl methyl sites for hydroxylation is 2. The Morgan fingerprint density at radius 3 is 2.53 bits per heavy atom. The molecule has 7 nitrogen and oxygen atoms in total. The highest BCUT2D eigenvalue weighted by Crippen LogP contribution is 2.16. The maximum absolute atomic E-state index is 12.7. The molecule has 32 heavy (non-hydrogen) atoms. The molecule has 4 rings (SSSR count). The number of piperazine rings is 1. The van der Waals surface area contributed by atoms with Gasteiger partial charge in [0.25, 0.3) is 0 Å². The van der Waals surface area contributed by atoms with E-state index in [-0.39, 0.29) is 17.3 Å². The molecule has 2 heterocycles. The Morgan fingerprint density at radius 1 is 1.03 bits per heavy atom. The summed E-state index contributed by atoms with van der Waals surface area (Å²) in [5, 5.41) is 7.20. The van der Waals surface area contributed by atoms with Crippen LogP contribution in [0.4, 0.5) is 0 Å². The summed E-state index contributed by atoms with van der Waals surface area (Å²) in [7, 11) is 0. The SMILES string of the molecule is Cc1cccc(CN2CCN(C(=O)CSc3n[nH]c(=O)n3CCc3ccccc3)CC2)c1. The van der Waals surface area contributed by atoms with Crippen LogP contribution >= 0.6 is 11.8 Å². The molecule has 168 valence electrons. The zero-order valence-corrected chi connectivity index (χ0v) is 19.2. The first-order chi connectivity index (χ1) is 15.6. The first kappa shape index (κ1) is 22.4. The lowest BCUT2D eigenvalue weighted by Crippen LogP contribution is -2.48. The van der Waals surface area contributed by atoms with Crippen molar-refractivity contribution in [1.82, 2.24) is 24.6 Å². The van der Waals surface area contributed by atoms with Gasteiger partial charge in [0.2, 0.25) is 5.91 Å². The van der Waals surface area contributed by atoms with E-state index in [1.165, 1.54) is 22.9 Å². The number of carbonyl (C=O) groups excluding carboxylic acids is 1. The van der Waals surface area contributed by atoms with E-state index in [0.717, 1.165) is 44.7 Å². The molecule has 0 radical (unpaired) electrons. The van der Waals surface area contributed by atoms with Crippen LogP contribution < -0.4 is 5.69 Å². The number of benzene rings is 2. The fraction of sp³-hybridized carbons (Fsp3) is 0.375. The van der Waals surface area contributed by atoms with E-state index in [9.17, 15) is 9.59 Å². The van der Waals surface area contributed by atoms with Crippen molar-refractivity contribution in [1.29, 1.82) is 0 Å². The lowest BCUT2D eigenvalue weighted by Gasteiger charge is -2.34. The molecule has 0 saturated carbocycles. The monoisotopic (exact) mass is 451 g/mol. The van der Waals surface area contributed by atoms with Crippen LogP contribution in [0.3, 0.4) is 0 Å².